The average Bonchev–Trinajstić information content (AvgIpc) is 2.36. The quantitative estimate of drug-likeness (QED) is 0.428. The Morgan fingerprint density at radius 1 is 1.26 bits per heavy atom. The monoisotopic (exact) mass is 284 g/mol. The van der Waals surface area contributed by atoms with Crippen LogP contribution < -0.4 is 0 Å². The zero-order chi connectivity index (χ0) is 14.5. The Balaban J connectivity index is 2.26. The van der Waals surface area contributed by atoms with Crippen molar-refractivity contribution in [1.29, 1.82) is 0 Å². The van der Waals surface area contributed by atoms with E-state index in [1.54, 1.807) is 0 Å². The number of alkyl halides is 4. The van der Waals surface area contributed by atoms with Gasteiger partial charge in [-0.05, 0) is 31.6 Å². The van der Waals surface area contributed by atoms with Gasteiger partial charge in [0.05, 0.1) is 6.61 Å². The van der Waals surface area contributed by atoms with Crippen LogP contribution in [0.2, 0.25) is 0 Å². The van der Waals surface area contributed by atoms with Crippen molar-refractivity contribution in [2.45, 2.75) is 44.5 Å². The highest BCUT2D eigenvalue weighted by Crippen LogP contribution is 2.29. The molecule has 0 aromatic rings. The van der Waals surface area contributed by atoms with Crippen LogP contribution in [0.25, 0.3) is 0 Å². The van der Waals surface area contributed by atoms with Crippen molar-refractivity contribution in [3.63, 3.8) is 0 Å². The number of carbonyl (C=O) groups excluding carboxylic acids is 2. The first-order valence-electron chi connectivity index (χ1n) is 6.12. The summed E-state index contributed by atoms with van der Waals surface area (Å²) in [6.07, 6.45) is -1.90. The number of hydrogen-bond donors (Lipinski definition) is 0. The lowest BCUT2D eigenvalue weighted by Gasteiger charge is -2.25. The molecule has 19 heavy (non-hydrogen) atoms. The lowest BCUT2D eigenvalue weighted by molar-refractivity contribution is -0.169. The molecule has 0 atom stereocenters. The van der Waals surface area contributed by atoms with E-state index in [4.69, 9.17) is 0 Å². The van der Waals surface area contributed by atoms with Gasteiger partial charge in [-0.3, -0.25) is 4.79 Å². The van der Waals surface area contributed by atoms with E-state index in [0.29, 0.717) is 25.7 Å². The second kappa shape index (κ2) is 6.86. The van der Waals surface area contributed by atoms with Gasteiger partial charge < -0.3 is 9.53 Å². The highest BCUT2D eigenvalue weighted by molar-refractivity contribution is 5.70. The first-order chi connectivity index (χ1) is 8.85. The van der Waals surface area contributed by atoms with Crippen molar-refractivity contribution in [3.8, 4) is 0 Å². The Bertz CT molecular complexity index is 312. The van der Waals surface area contributed by atoms with Gasteiger partial charge in [-0.1, -0.05) is 0 Å². The standard InChI is InChI=1S/C12H16F4O3/c13-11(14)12(15,16)5-10(18)19-7-9-3-1-8(6-17)2-4-9/h6,8-9,11H,1-5,7H2. The largest absolute Gasteiger partial charge is 0.465 e. The van der Waals surface area contributed by atoms with Crippen LogP contribution in [-0.4, -0.2) is 31.2 Å². The maximum absolute atomic E-state index is 12.6. The molecule has 0 aliphatic heterocycles. The molecule has 0 radical (unpaired) electrons. The summed E-state index contributed by atoms with van der Waals surface area (Å²) in [4.78, 5) is 21.5. The van der Waals surface area contributed by atoms with Crippen LogP contribution in [0.15, 0.2) is 0 Å². The number of rotatable bonds is 6. The molecule has 1 fully saturated rings. The number of hydrogen-bond acceptors (Lipinski definition) is 3. The van der Waals surface area contributed by atoms with Crippen LogP contribution in [0.4, 0.5) is 17.6 Å². The van der Waals surface area contributed by atoms with Gasteiger partial charge in [0.25, 0.3) is 0 Å². The number of aldehydes is 1. The second-order valence-electron chi connectivity index (χ2n) is 4.84. The fourth-order valence-corrected chi connectivity index (χ4v) is 2.02. The van der Waals surface area contributed by atoms with E-state index in [2.05, 4.69) is 4.74 Å². The van der Waals surface area contributed by atoms with Crippen LogP contribution in [0.5, 0.6) is 0 Å². The van der Waals surface area contributed by atoms with Gasteiger partial charge in [0.2, 0.25) is 0 Å². The SMILES string of the molecule is O=CC1CCC(COC(=O)CC(F)(F)C(F)F)CC1. The fourth-order valence-electron chi connectivity index (χ4n) is 2.02. The summed E-state index contributed by atoms with van der Waals surface area (Å²) in [5, 5.41) is 0. The van der Waals surface area contributed by atoms with Crippen molar-refractivity contribution < 1.29 is 31.9 Å². The molecule has 0 aromatic carbocycles. The van der Waals surface area contributed by atoms with Gasteiger partial charge in [0.1, 0.15) is 12.7 Å². The Labute approximate surface area is 108 Å². The third-order valence-corrected chi connectivity index (χ3v) is 3.26. The molecule has 0 spiro atoms. The van der Waals surface area contributed by atoms with Gasteiger partial charge in [0.15, 0.2) is 0 Å². The third kappa shape index (κ3) is 5.16. The van der Waals surface area contributed by atoms with Gasteiger partial charge in [-0.2, -0.15) is 8.78 Å². The summed E-state index contributed by atoms with van der Waals surface area (Å²) in [6.45, 7) is -0.0519. The molecular formula is C12H16F4O3. The molecule has 0 N–H and O–H groups in total. The molecule has 1 aliphatic carbocycles. The average molecular weight is 284 g/mol. The van der Waals surface area contributed by atoms with Crippen LogP contribution in [-0.2, 0) is 14.3 Å². The summed E-state index contributed by atoms with van der Waals surface area (Å²) in [6, 6.07) is 0. The van der Waals surface area contributed by atoms with Gasteiger partial charge in [-0.15, -0.1) is 0 Å². The molecule has 0 heterocycles. The third-order valence-electron chi connectivity index (χ3n) is 3.26. The molecule has 0 aromatic heterocycles. The highest BCUT2D eigenvalue weighted by atomic mass is 19.3. The van der Waals surface area contributed by atoms with Crippen molar-refractivity contribution in [2.24, 2.45) is 11.8 Å². The lowest BCUT2D eigenvalue weighted by Crippen LogP contribution is -2.31. The van der Waals surface area contributed by atoms with E-state index in [9.17, 15) is 27.2 Å². The van der Waals surface area contributed by atoms with Crippen LogP contribution in [0, 0.1) is 11.8 Å². The Hall–Kier alpha value is -1.14. The predicted octanol–water partition coefficient (Wildman–Crippen LogP) is 2.83. The normalized spacial score (nSPS) is 24.3. The summed E-state index contributed by atoms with van der Waals surface area (Å²) < 4.78 is 53.5. The highest BCUT2D eigenvalue weighted by Gasteiger charge is 2.43. The Morgan fingerprint density at radius 2 is 1.84 bits per heavy atom. The molecule has 7 heteroatoms. The number of halogens is 4. The first-order valence-corrected chi connectivity index (χ1v) is 6.12. The predicted molar refractivity (Wildman–Crippen MR) is 58.0 cm³/mol. The number of carbonyl (C=O) groups is 2. The molecule has 1 rings (SSSR count). The minimum Gasteiger partial charge on any atom is -0.465 e. The molecule has 0 amide bonds. The van der Waals surface area contributed by atoms with E-state index >= 15 is 0 Å². The van der Waals surface area contributed by atoms with E-state index < -0.39 is 24.7 Å². The summed E-state index contributed by atoms with van der Waals surface area (Å²) in [5.41, 5.74) is 0. The topological polar surface area (TPSA) is 43.4 Å². The van der Waals surface area contributed by atoms with Gasteiger partial charge in [-0.25, -0.2) is 8.78 Å². The van der Waals surface area contributed by atoms with E-state index in [1.807, 2.05) is 0 Å². The maximum atomic E-state index is 12.6. The molecule has 110 valence electrons. The van der Waals surface area contributed by atoms with E-state index in [-0.39, 0.29) is 18.4 Å². The number of esters is 1. The van der Waals surface area contributed by atoms with Crippen molar-refractivity contribution in [1.82, 2.24) is 0 Å². The van der Waals surface area contributed by atoms with Crippen molar-refractivity contribution in [3.05, 3.63) is 0 Å². The van der Waals surface area contributed by atoms with Crippen molar-refractivity contribution in [2.75, 3.05) is 6.61 Å². The van der Waals surface area contributed by atoms with Gasteiger partial charge in [0, 0.05) is 5.92 Å². The van der Waals surface area contributed by atoms with Crippen LogP contribution in [0.1, 0.15) is 32.1 Å². The molecule has 3 nitrogen and oxygen atoms in total. The van der Waals surface area contributed by atoms with E-state index in [1.165, 1.54) is 0 Å². The number of ether oxygens (including phenoxy) is 1. The summed E-state index contributed by atoms with van der Waals surface area (Å²) in [7, 11) is 0. The van der Waals surface area contributed by atoms with E-state index in [0.717, 1.165) is 6.29 Å². The zero-order valence-electron chi connectivity index (χ0n) is 10.3. The van der Waals surface area contributed by atoms with Crippen LogP contribution in [0.3, 0.4) is 0 Å². The molecule has 1 aliphatic rings. The smallest absolute Gasteiger partial charge is 0.317 e. The first kappa shape index (κ1) is 15.9. The summed E-state index contributed by atoms with van der Waals surface area (Å²) >= 11 is 0. The fraction of sp³-hybridized carbons (Fsp3) is 0.833. The van der Waals surface area contributed by atoms with Crippen LogP contribution >= 0.6 is 0 Å². The molecule has 0 unspecified atom stereocenters. The minimum absolute atomic E-state index is 0.00937. The van der Waals surface area contributed by atoms with Crippen molar-refractivity contribution >= 4 is 12.3 Å². The minimum atomic E-state index is -4.34. The molecule has 0 saturated heterocycles. The Kier molecular flexibility index (Phi) is 5.75. The second-order valence-corrected chi connectivity index (χ2v) is 4.84. The molecule has 0 bridgehead atoms. The summed E-state index contributed by atoms with van der Waals surface area (Å²) in [5.74, 6) is -5.63. The molecular weight excluding hydrogens is 268 g/mol. The zero-order valence-corrected chi connectivity index (χ0v) is 10.3. The Morgan fingerprint density at radius 3 is 2.32 bits per heavy atom. The lowest BCUT2D eigenvalue weighted by atomic mass is 9.83. The van der Waals surface area contributed by atoms with Gasteiger partial charge >= 0.3 is 18.3 Å². The molecule has 1 saturated carbocycles. The maximum Gasteiger partial charge on any atom is 0.317 e.